The van der Waals surface area contributed by atoms with Gasteiger partial charge in [-0.1, -0.05) is 12.5 Å². The first kappa shape index (κ1) is 18.7. The summed E-state index contributed by atoms with van der Waals surface area (Å²) < 4.78 is 5.52. The van der Waals surface area contributed by atoms with E-state index < -0.39 is 5.60 Å². The summed E-state index contributed by atoms with van der Waals surface area (Å²) in [6.45, 7) is 10.7. The van der Waals surface area contributed by atoms with Crippen molar-refractivity contribution in [2.75, 3.05) is 18.5 Å². The monoisotopic (exact) mass is 333 g/mol. The van der Waals surface area contributed by atoms with Crippen LogP contribution in [0.2, 0.25) is 0 Å². The van der Waals surface area contributed by atoms with Crippen LogP contribution in [0.3, 0.4) is 0 Å². The first-order valence-electron chi connectivity index (χ1n) is 8.87. The molecule has 0 N–H and O–H groups in total. The summed E-state index contributed by atoms with van der Waals surface area (Å²) in [4.78, 5) is 21.0. The number of carbonyl (C=O) groups is 1. The van der Waals surface area contributed by atoms with Gasteiger partial charge in [0.25, 0.3) is 0 Å². The van der Waals surface area contributed by atoms with E-state index in [1.807, 2.05) is 46.9 Å². The lowest BCUT2D eigenvalue weighted by Gasteiger charge is -2.33. The molecule has 1 aromatic heterocycles. The Bertz CT molecular complexity index is 549. The van der Waals surface area contributed by atoms with E-state index in [9.17, 15) is 4.79 Å². The third-order valence-corrected chi connectivity index (χ3v) is 4.28. The highest BCUT2D eigenvalue weighted by Crippen LogP contribution is 2.30. The Balaban J connectivity index is 2.18. The predicted molar refractivity (Wildman–Crippen MR) is 97.3 cm³/mol. The fraction of sp³-hybridized carbons (Fsp3) is 0.684. The zero-order valence-electron chi connectivity index (χ0n) is 15.9. The van der Waals surface area contributed by atoms with Crippen LogP contribution in [0.15, 0.2) is 18.3 Å². The lowest BCUT2D eigenvalue weighted by atomic mass is 9.97. The Morgan fingerprint density at radius 2 is 2.04 bits per heavy atom. The highest BCUT2D eigenvalue weighted by molar-refractivity contribution is 5.87. The fourth-order valence-electron chi connectivity index (χ4n) is 3.11. The van der Waals surface area contributed by atoms with Crippen molar-refractivity contribution in [1.82, 2.24) is 9.88 Å². The number of hydrogen-bond acceptors (Lipinski definition) is 4. The molecule has 1 aliphatic heterocycles. The van der Waals surface area contributed by atoms with Gasteiger partial charge >= 0.3 is 6.09 Å². The maximum Gasteiger partial charge on any atom is 0.416 e. The van der Waals surface area contributed by atoms with E-state index in [4.69, 9.17) is 4.74 Å². The third kappa shape index (κ3) is 4.69. The summed E-state index contributed by atoms with van der Waals surface area (Å²) in [7, 11) is 2.17. The molecule has 0 bridgehead atoms. The van der Waals surface area contributed by atoms with E-state index in [1.165, 1.54) is 18.4 Å². The van der Waals surface area contributed by atoms with Crippen LogP contribution in [0.25, 0.3) is 0 Å². The molecule has 0 unspecified atom stereocenters. The molecule has 134 valence electrons. The van der Waals surface area contributed by atoms with Gasteiger partial charge < -0.3 is 4.74 Å². The number of hydrogen-bond donors (Lipinski definition) is 0. The first-order chi connectivity index (χ1) is 11.2. The summed E-state index contributed by atoms with van der Waals surface area (Å²) in [5.74, 6) is 0.640. The molecule has 5 heteroatoms. The number of rotatable bonds is 3. The van der Waals surface area contributed by atoms with Crippen molar-refractivity contribution in [3.05, 3.63) is 23.9 Å². The molecule has 0 spiro atoms. The minimum atomic E-state index is -0.519. The van der Waals surface area contributed by atoms with Crippen LogP contribution in [-0.4, -0.2) is 41.2 Å². The van der Waals surface area contributed by atoms with Gasteiger partial charge in [-0.25, -0.2) is 9.78 Å². The van der Waals surface area contributed by atoms with E-state index >= 15 is 0 Å². The van der Waals surface area contributed by atoms with Crippen LogP contribution in [-0.2, 0) is 4.74 Å². The van der Waals surface area contributed by atoms with E-state index in [0.29, 0.717) is 11.9 Å². The molecule has 1 saturated heterocycles. The van der Waals surface area contributed by atoms with Crippen LogP contribution >= 0.6 is 0 Å². The lowest BCUT2D eigenvalue weighted by Crippen LogP contribution is -2.41. The second-order valence-electron chi connectivity index (χ2n) is 7.89. The van der Waals surface area contributed by atoms with Crippen LogP contribution in [0, 0.1) is 0 Å². The summed E-state index contributed by atoms with van der Waals surface area (Å²) in [5, 5.41) is 0. The average Bonchev–Trinajstić information content (AvgIpc) is 2.46. The normalized spacial score (nSPS) is 19.4. The SMILES string of the molecule is CC(C)N(C(=O)OC(C)(C)C)c1ccc([C@@H]2CCCCN2C)cn1. The second-order valence-corrected chi connectivity index (χ2v) is 7.89. The fourth-order valence-corrected chi connectivity index (χ4v) is 3.11. The van der Waals surface area contributed by atoms with Crippen molar-refractivity contribution < 1.29 is 9.53 Å². The van der Waals surface area contributed by atoms with Crippen molar-refractivity contribution >= 4 is 11.9 Å². The summed E-state index contributed by atoms with van der Waals surface area (Å²) >= 11 is 0. The summed E-state index contributed by atoms with van der Waals surface area (Å²) in [5.41, 5.74) is 0.698. The molecule has 1 aliphatic rings. The Morgan fingerprint density at radius 3 is 2.54 bits per heavy atom. The van der Waals surface area contributed by atoms with Gasteiger partial charge in [0.1, 0.15) is 11.4 Å². The highest BCUT2D eigenvalue weighted by Gasteiger charge is 2.27. The topological polar surface area (TPSA) is 45.7 Å². The Kier molecular flexibility index (Phi) is 5.86. The van der Waals surface area contributed by atoms with Crippen molar-refractivity contribution in [1.29, 1.82) is 0 Å². The standard InChI is InChI=1S/C19H31N3O2/c1-14(2)22(18(23)24-19(3,4)5)17-11-10-15(13-20-17)16-9-7-8-12-21(16)6/h10-11,13-14,16H,7-9,12H2,1-6H3/t16-/m0/s1. The highest BCUT2D eigenvalue weighted by atomic mass is 16.6. The number of anilines is 1. The Labute approximate surface area is 146 Å². The predicted octanol–water partition coefficient (Wildman–Crippen LogP) is 4.39. The van der Waals surface area contributed by atoms with E-state index in [2.05, 4.69) is 23.0 Å². The Hall–Kier alpha value is -1.62. The van der Waals surface area contributed by atoms with E-state index in [-0.39, 0.29) is 12.1 Å². The number of nitrogens with zero attached hydrogens (tertiary/aromatic N) is 3. The average molecular weight is 333 g/mol. The number of carbonyl (C=O) groups excluding carboxylic acids is 1. The molecule has 5 nitrogen and oxygen atoms in total. The van der Waals surface area contributed by atoms with Gasteiger partial charge in [-0.15, -0.1) is 0 Å². The molecule has 1 amide bonds. The second kappa shape index (κ2) is 7.51. The number of ether oxygens (including phenoxy) is 1. The van der Waals surface area contributed by atoms with Gasteiger partial charge in [0.2, 0.25) is 0 Å². The molecule has 0 aliphatic carbocycles. The molecule has 24 heavy (non-hydrogen) atoms. The lowest BCUT2D eigenvalue weighted by molar-refractivity contribution is 0.0569. The molecule has 0 saturated carbocycles. The molecule has 1 atom stereocenters. The number of aromatic nitrogens is 1. The number of pyridine rings is 1. The van der Waals surface area contributed by atoms with Crippen molar-refractivity contribution in [3.63, 3.8) is 0 Å². The van der Waals surface area contributed by atoms with Crippen LogP contribution in [0.5, 0.6) is 0 Å². The summed E-state index contributed by atoms with van der Waals surface area (Å²) in [6.07, 6.45) is 5.23. The minimum Gasteiger partial charge on any atom is -0.443 e. The number of piperidine rings is 1. The molecule has 1 aromatic rings. The van der Waals surface area contributed by atoms with Gasteiger partial charge in [-0.2, -0.15) is 0 Å². The molecule has 0 radical (unpaired) electrons. The first-order valence-corrected chi connectivity index (χ1v) is 8.87. The maximum absolute atomic E-state index is 12.5. The minimum absolute atomic E-state index is 0.0180. The maximum atomic E-state index is 12.5. The molecular formula is C19H31N3O2. The molecule has 2 rings (SSSR count). The molecular weight excluding hydrogens is 302 g/mol. The smallest absolute Gasteiger partial charge is 0.416 e. The van der Waals surface area contributed by atoms with Crippen molar-refractivity contribution in [3.8, 4) is 0 Å². The van der Waals surface area contributed by atoms with Crippen molar-refractivity contribution in [2.45, 2.75) is 71.6 Å². The molecule has 0 aromatic carbocycles. The largest absolute Gasteiger partial charge is 0.443 e. The Morgan fingerprint density at radius 1 is 1.33 bits per heavy atom. The van der Waals surface area contributed by atoms with Gasteiger partial charge in [0.15, 0.2) is 0 Å². The zero-order valence-corrected chi connectivity index (χ0v) is 15.9. The van der Waals surface area contributed by atoms with Crippen LogP contribution < -0.4 is 4.90 Å². The van der Waals surface area contributed by atoms with E-state index in [0.717, 1.165) is 13.0 Å². The van der Waals surface area contributed by atoms with Crippen LogP contribution in [0.4, 0.5) is 10.6 Å². The quantitative estimate of drug-likeness (QED) is 0.823. The van der Waals surface area contributed by atoms with Gasteiger partial charge in [0.05, 0.1) is 0 Å². The van der Waals surface area contributed by atoms with Gasteiger partial charge in [0, 0.05) is 18.3 Å². The van der Waals surface area contributed by atoms with Crippen molar-refractivity contribution in [2.24, 2.45) is 0 Å². The summed E-state index contributed by atoms with van der Waals surface area (Å²) in [6, 6.07) is 4.43. The molecule has 2 heterocycles. The number of likely N-dealkylation sites (tertiary alicyclic amines) is 1. The number of amides is 1. The zero-order chi connectivity index (χ0) is 17.9. The van der Waals surface area contributed by atoms with E-state index in [1.54, 1.807) is 4.90 Å². The van der Waals surface area contributed by atoms with Crippen LogP contribution in [0.1, 0.15) is 65.5 Å². The third-order valence-electron chi connectivity index (χ3n) is 4.28. The molecule has 1 fully saturated rings. The van der Waals surface area contributed by atoms with Gasteiger partial charge in [-0.3, -0.25) is 9.80 Å². The van der Waals surface area contributed by atoms with Gasteiger partial charge in [-0.05, 0) is 72.7 Å².